The minimum atomic E-state index is -4.74. The van der Waals surface area contributed by atoms with Gasteiger partial charge in [0.15, 0.2) is 0 Å². The van der Waals surface area contributed by atoms with Gasteiger partial charge < -0.3 is 10.1 Å². The first-order chi connectivity index (χ1) is 16.9. The number of hydrogen-bond acceptors (Lipinski definition) is 4. The van der Waals surface area contributed by atoms with Crippen molar-refractivity contribution in [2.75, 3.05) is 24.0 Å². The first-order valence-corrected chi connectivity index (χ1v) is 12.6. The summed E-state index contributed by atoms with van der Waals surface area (Å²) in [6, 6.07) is 14.9. The second-order valence-corrected chi connectivity index (χ2v) is 10.2. The number of carbonyl (C=O) groups excluding carboxylic acids is 1. The lowest BCUT2D eigenvalue weighted by Gasteiger charge is -2.25. The smallest absolute Gasteiger partial charge is 0.416 e. The van der Waals surface area contributed by atoms with Gasteiger partial charge in [-0.25, -0.2) is 8.42 Å². The van der Waals surface area contributed by atoms with Gasteiger partial charge in [0.25, 0.3) is 10.0 Å². The number of halogens is 4. The Morgan fingerprint density at radius 3 is 2.33 bits per heavy atom. The van der Waals surface area contributed by atoms with Crippen LogP contribution in [0.2, 0.25) is 5.02 Å². The molecule has 0 aliphatic heterocycles. The van der Waals surface area contributed by atoms with E-state index < -0.39 is 39.9 Å². The Bertz CT molecular complexity index is 1330. The van der Waals surface area contributed by atoms with Crippen LogP contribution in [0, 0.1) is 13.8 Å². The fourth-order valence-electron chi connectivity index (χ4n) is 3.25. The van der Waals surface area contributed by atoms with E-state index in [2.05, 4.69) is 5.32 Å². The topological polar surface area (TPSA) is 75.7 Å². The van der Waals surface area contributed by atoms with E-state index in [-0.39, 0.29) is 23.1 Å². The molecule has 0 spiro atoms. The molecular formula is C25H24ClF3N2O4S. The molecule has 192 valence electrons. The Morgan fingerprint density at radius 1 is 1.00 bits per heavy atom. The van der Waals surface area contributed by atoms with E-state index in [1.807, 2.05) is 26.0 Å². The SMILES string of the molecule is Cc1ccc(OCCNC(=O)CN(c2cc(C(F)(F)F)ccc2Cl)S(=O)(=O)c2ccccc2)cc1C. The number of anilines is 1. The molecule has 3 aromatic carbocycles. The molecule has 0 aromatic heterocycles. The highest BCUT2D eigenvalue weighted by Gasteiger charge is 2.34. The lowest BCUT2D eigenvalue weighted by atomic mass is 10.1. The molecule has 0 atom stereocenters. The number of amides is 1. The second-order valence-electron chi connectivity index (χ2n) is 7.93. The quantitative estimate of drug-likeness (QED) is 0.370. The average Bonchev–Trinajstić information content (AvgIpc) is 2.83. The zero-order valence-corrected chi connectivity index (χ0v) is 21.0. The molecule has 1 amide bonds. The van der Waals surface area contributed by atoms with Crippen molar-refractivity contribution in [3.05, 3.63) is 88.4 Å². The average molecular weight is 541 g/mol. The van der Waals surface area contributed by atoms with Gasteiger partial charge in [-0.3, -0.25) is 9.10 Å². The number of benzene rings is 3. The highest BCUT2D eigenvalue weighted by atomic mass is 35.5. The number of ether oxygens (including phenoxy) is 1. The van der Waals surface area contributed by atoms with Crippen molar-refractivity contribution >= 4 is 33.2 Å². The number of nitrogens with one attached hydrogen (secondary N) is 1. The van der Waals surface area contributed by atoms with Gasteiger partial charge in [0.1, 0.15) is 18.9 Å². The fraction of sp³-hybridized carbons (Fsp3) is 0.240. The highest BCUT2D eigenvalue weighted by Crippen LogP contribution is 2.37. The summed E-state index contributed by atoms with van der Waals surface area (Å²) in [5.41, 5.74) is 0.578. The van der Waals surface area contributed by atoms with Gasteiger partial charge in [-0.15, -0.1) is 0 Å². The third kappa shape index (κ3) is 6.70. The maximum Gasteiger partial charge on any atom is 0.416 e. The summed E-state index contributed by atoms with van der Waals surface area (Å²) in [5, 5.41) is 2.28. The molecule has 6 nitrogen and oxygen atoms in total. The van der Waals surface area contributed by atoms with Crippen molar-refractivity contribution in [2.24, 2.45) is 0 Å². The number of carbonyl (C=O) groups is 1. The molecule has 0 radical (unpaired) electrons. The summed E-state index contributed by atoms with van der Waals surface area (Å²) in [6.07, 6.45) is -4.74. The predicted octanol–water partition coefficient (Wildman–Crippen LogP) is 5.37. The van der Waals surface area contributed by atoms with Crippen molar-refractivity contribution < 1.29 is 31.1 Å². The van der Waals surface area contributed by atoms with Crippen LogP contribution in [0.4, 0.5) is 18.9 Å². The maximum atomic E-state index is 13.3. The molecule has 0 bridgehead atoms. The standard InChI is InChI=1S/C25H24ClF3N2O4S/c1-17-8-10-20(14-18(17)2)35-13-12-30-24(32)16-31(36(33,34)21-6-4-3-5-7-21)23-15-19(25(27,28)29)9-11-22(23)26/h3-11,14-15H,12-13,16H2,1-2H3,(H,30,32). The highest BCUT2D eigenvalue weighted by molar-refractivity contribution is 7.92. The Balaban J connectivity index is 1.81. The molecular weight excluding hydrogens is 517 g/mol. The van der Waals surface area contributed by atoms with Gasteiger partial charge in [-0.1, -0.05) is 35.9 Å². The Morgan fingerprint density at radius 2 is 1.69 bits per heavy atom. The molecule has 36 heavy (non-hydrogen) atoms. The number of nitrogens with zero attached hydrogens (tertiary/aromatic N) is 1. The van der Waals surface area contributed by atoms with Gasteiger partial charge in [0.05, 0.1) is 27.7 Å². The van der Waals surface area contributed by atoms with E-state index in [1.54, 1.807) is 12.1 Å². The second kappa shape index (κ2) is 11.2. The summed E-state index contributed by atoms with van der Waals surface area (Å²) in [6.45, 7) is 3.25. The Labute approximate surface area is 212 Å². The van der Waals surface area contributed by atoms with Crippen molar-refractivity contribution in [1.29, 1.82) is 0 Å². The monoisotopic (exact) mass is 540 g/mol. The lowest BCUT2D eigenvalue weighted by molar-refractivity contribution is -0.137. The number of alkyl halides is 3. The summed E-state index contributed by atoms with van der Waals surface area (Å²) < 4.78 is 72.8. The number of hydrogen-bond donors (Lipinski definition) is 1. The summed E-state index contributed by atoms with van der Waals surface area (Å²) in [7, 11) is -4.43. The minimum absolute atomic E-state index is 0.0430. The molecule has 11 heteroatoms. The molecule has 0 fully saturated rings. The predicted molar refractivity (Wildman–Crippen MR) is 132 cm³/mol. The van der Waals surface area contributed by atoms with Crippen molar-refractivity contribution in [3.63, 3.8) is 0 Å². The number of sulfonamides is 1. The Kier molecular flexibility index (Phi) is 8.52. The van der Waals surface area contributed by atoms with Crippen LogP contribution >= 0.6 is 11.6 Å². The molecule has 3 aromatic rings. The summed E-state index contributed by atoms with van der Waals surface area (Å²) in [4.78, 5) is 12.5. The summed E-state index contributed by atoms with van der Waals surface area (Å²) in [5.74, 6) is -0.136. The van der Waals surface area contributed by atoms with Gasteiger partial charge in [-0.05, 0) is 67.4 Å². The summed E-state index contributed by atoms with van der Waals surface area (Å²) >= 11 is 6.11. The molecule has 1 N–H and O–H groups in total. The van der Waals surface area contributed by atoms with E-state index in [4.69, 9.17) is 16.3 Å². The van der Waals surface area contributed by atoms with Crippen LogP contribution in [0.25, 0.3) is 0 Å². The molecule has 0 aliphatic rings. The van der Waals surface area contributed by atoms with Gasteiger partial charge in [-0.2, -0.15) is 13.2 Å². The van der Waals surface area contributed by atoms with Crippen LogP contribution in [0.3, 0.4) is 0 Å². The van der Waals surface area contributed by atoms with Gasteiger partial charge >= 0.3 is 6.18 Å². The van der Waals surface area contributed by atoms with Crippen molar-refractivity contribution in [3.8, 4) is 5.75 Å². The maximum absolute atomic E-state index is 13.3. The zero-order valence-electron chi connectivity index (χ0n) is 19.5. The molecule has 3 rings (SSSR count). The molecule has 0 aliphatic carbocycles. The lowest BCUT2D eigenvalue weighted by Crippen LogP contribution is -2.42. The van der Waals surface area contributed by atoms with E-state index in [0.29, 0.717) is 16.1 Å². The first-order valence-electron chi connectivity index (χ1n) is 10.8. The van der Waals surface area contributed by atoms with Gasteiger partial charge in [0.2, 0.25) is 5.91 Å². The molecule has 0 unspecified atom stereocenters. The fourth-order valence-corrected chi connectivity index (χ4v) is 4.97. The Hall–Kier alpha value is -3.24. The molecule has 0 saturated heterocycles. The third-order valence-electron chi connectivity index (χ3n) is 5.33. The number of rotatable bonds is 9. The van der Waals surface area contributed by atoms with Crippen molar-refractivity contribution in [2.45, 2.75) is 24.9 Å². The first kappa shape index (κ1) is 27.3. The van der Waals surface area contributed by atoms with Crippen LogP contribution in [0.1, 0.15) is 16.7 Å². The van der Waals surface area contributed by atoms with Gasteiger partial charge in [0, 0.05) is 0 Å². The van der Waals surface area contributed by atoms with Crippen LogP contribution in [0.15, 0.2) is 71.6 Å². The van der Waals surface area contributed by atoms with Crippen LogP contribution in [0.5, 0.6) is 5.75 Å². The van der Waals surface area contributed by atoms with Crippen LogP contribution in [-0.2, 0) is 21.0 Å². The van der Waals surface area contributed by atoms with Crippen molar-refractivity contribution in [1.82, 2.24) is 5.32 Å². The number of aryl methyl sites for hydroxylation is 2. The van der Waals surface area contributed by atoms with E-state index >= 15 is 0 Å². The minimum Gasteiger partial charge on any atom is -0.492 e. The molecule has 0 saturated carbocycles. The third-order valence-corrected chi connectivity index (χ3v) is 7.43. The normalized spacial score (nSPS) is 11.7. The van der Waals surface area contributed by atoms with E-state index in [9.17, 15) is 26.4 Å². The van der Waals surface area contributed by atoms with E-state index in [1.165, 1.54) is 24.3 Å². The van der Waals surface area contributed by atoms with Crippen LogP contribution in [-0.4, -0.2) is 34.0 Å². The zero-order chi connectivity index (χ0) is 26.5. The molecule has 0 heterocycles. The van der Waals surface area contributed by atoms with Crippen LogP contribution < -0.4 is 14.4 Å². The van der Waals surface area contributed by atoms with E-state index in [0.717, 1.165) is 23.3 Å². The largest absolute Gasteiger partial charge is 0.492 e.